The quantitative estimate of drug-likeness (QED) is 0.473. The summed E-state index contributed by atoms with van der Waals surface area (Å²) in [6.07, 6.45) is 1.82. The Kier molecular flexibility index (Phi) is 5.96. The third kappa shape index (κ3) is 4.53. The Bertz CT molecular complexity index is 480. The van der Waals surface area contributed by atoms with Crippen LogP contribution in [0.25, 0.3) is 0 Å². The molecule has 3 N–H and O–H groups in total. The highest BCUT2D eigenvalue weighted by Crippen LogP contribution is 2.18. The first-order chi connectivity index (χ1) is 9.45. The molecule has 0 spiro atoms. The number of hydrogen-bond donors (Lipinski definition) is 2. The third-order valence-electron chi connectivity index (χ3n) is 2.81. The van der Waals surface area contributed by atoms with E-state index in [-0.39, 0.29) is 22.7 Å². The van der Waals surface area contributed by atoms with E-state index < -0.39 is 18.4 Å². The summed E-state index contributed by atoms with van der Waals surface area (Å²) in [6.45, 7) is 3.67. The Morgan fingerprint density at radius 1 is 1.40 bits per heavy atom. The Hall–Kier alpha value is -2.11. The summed E-state index contributed by atoms with van der Waals surface area (Å²) in [4.78, 5) is 23.0. The van der Waals surface area contributed by atoms with E-state index in [0.717, 1.165) is 18.9 Å². The van der Waals surface area contributed by atoms with Crippen LogP contribution in [0.3, 0.4) is 0 Å². The molecule has 1 amide bonds. The van der Waals surface area contributed by atoms with Crippen molar-refractivity contribution in [2.75, 3.05) is 18.9 Å². The number of unbranched alkanes of at least 4 members (excludes halogenated alkanes) is 1. The van der Waals surface area contributed by atoms with Gasteiger partial charge in [-0.3, -0.25) is 4.79 Å². The molecule has 0 unspecified atom stereocenters. The van der Waals surface area contributed by atoms with E-state index in [1.807, 2.05) is 6.92 Å². The lowest BCUT2D eigenvalue weighted by atomic mass is 10.1. The molecule has 0 saturated carbocycles. The first-order valence-corrected chi connectivity index (χ1v) is 6.45. The molecule has 5 nitrogen and oxygen atoms in total. The molecular weight excluding hydrogens is 263 g/mol. The molecule has 0 atom stereocenters. The molecule has 1 rings (SSSR count). The molecule has 0 fully saturated rings. The normalized spacial score (nSPS) is 10.2. The van der Waals surface area contributed by atoms with Gasteiger partial charge in [-0.15, -0.1) is 0 Å². The summed E-state index contributed by atoms with van der Waals surface area (Å²) in [5.41, 5.74) is 6.01. The van der Waals surface area contributed by atoms with Crippen LogP contribution in [-0.4, -0.2) is 25.0 Å². The van der Waals surface area contributed by atoms with Gasteiger partial charge in [-0.05, 0) is 25.5 Å². The number of nitrogens with two attached hydrogens (primary N) is 1. The maximum absolute atomic E-state index is 13.4. The van der Waals surface area contributed by atoms with Crippen LogP contribution < -0.4 is 11.1 Å². The van der Waals surface area contributed by atoms with Gasteiger partial charge in [0.1, 0.15) is 5.82 Å². The zero-order valence-corrected chi connectivity index (χ0v) is 11.7. The van der Waals surface area contributed by atoms with Crippen LogP contribution >= 0.6 is 0 Å². The maximum atomic E-state index is 13.4. The minimum absolute atomic E-state index is 0.00745. The van der Waals surface area contributed by atoms with Crippen molar-refractivity contribution in [1.82, 2.24) is 5.32 Å². The van der Waals surface area contributed by atoms with Crippen molar-refractivity contribution in [2.45, 2.75) is 26.7 Å². The number of ether oxygens (including phenoxy) is 1. The number of rotatable bonds is 6. The van der Waals surface area contributed by atoms with Gasteiger partial charge in [0.15, 0.2) is 6.61 Å². The van der Waals surface area contributed by atoms with E-state index in [0.29, 0.717) is 6.54 Å². The minimum atomic E-state index is -0.777. The Morgan fingerprint density at radius 2 is 2.10 bits per heavy atom. The number of esters is 1. The first kappa shape index (κ1) is 15.9. The minimum Gasteiger partial charge on any atom is -0.452 e. The molecule has 110 valence electrons. The standard InChI is InChI=1S/C14H19FN2O3/c1-3-4-5-17-13(18)8-20-14(19)10-6-11(15)9(2)12(16)7-10/h6-7H,3-5,8,16H2,1-2H3,(H,17,18). The van der Waals surface area contributed by atoms with Crippen molar-refractivity contribution in [3.8, 4) is 0 Å². The van der Waals surface area contributed by atoms with Gasteiger partial charge in [-0.2, -0.15) is 0 Å². The number of halogens is 1. The Morgan fingerprint density at radius 3 is 2.70 bits per heavy atom. The lowest BCUT2D eigenvalue weighted by Crippen LogP contribution is -2.29. The topological polar surface area (TPSA) is 81.4 Å². The summed E-state index contributed by atoms with van der Waals surface area (Å²) < 4.78 is 18.2. The van der Waals surface area contributed by atoms with Crippen LogP contribution in [0.1, 0.15) is 35.7 Å². The monoisotopic (exact) mass is 282 g/mol. The fourth-order valence-corrected chi connectivity index (χ4v) is 1.49. The van der Waals surface area contributed by atoms with Crippen molar-refractivity contribution < 1.29 is 18.7 Å². The molecule has 20 heavy (non-hydrogen) atoms. The molecule has 6 heteroatoms. The van der Waals surface area contributed by atoms with Crippen molar-refractivity contribution in [3.63, 3.8) is 0 Å². The van der Waals surface area contributed by atoms with Gasteiger partial charge in [0.05, 0.1) is 5.56 Å². The summed E-state index contributed by atoms with van der Waals surface area (Å²) in [5.74, 6) is -1.74. The van der Waals surface area contributed by atoms with E-state index in [9.17, 15) is 14.0 Å². The average molecular weight is 282 g/mol. The number of hydrogen-bond acceptors (Lipinski definition) is 4. The number of nitrogen functional groups attached to an aromatic ring is 1. The van der Waals surface area contributed by atoms with Gasteiger partial charge in [0.2, 0.25) is 0 Å². The lowest BCUT2D eigenvalue weighted by molar-refractivity contribution is -0.124. The maximum Gasteiger partial charge on any atom is 0.338 e. The molecule has 0 aromatic heterocycles. The van der Waals surface area contributed by atoms with E-state index in [1.165, 1.54) is 13.0 Å². The second-order valence-electron chi connectivity index (χ2n) is 4.45. The van der Waals surface area contributed by atoms with Gasteiger partial charge >= 0.3 is 5.97 Å². The van der Waals surface area contributed by atoms with Crippen LogP contribution in [0.2, 0.25) is 0 Å². The molecule has 0 heterocycles. The second-order valence-corrected chi connectivity index (χ2v) is 4.45. The third-order valence-corrected chi connectivity index (χ3v) is 2.81. The SMILES string of the molecule is CCCCNC(=O)COC(=O)c1cc(N)c(C)c(F)c1. The predicted molar refractivity (Wildman–Crippen MR) is 73.7 cm³/mol. The predicted octanol–water partition coefficient (Wildman–Crippen LogP) is 1.79. The molecule has 1 aromatic rings. The van der Waals surface area contributed by atoms with Crippen LogP contribution in [-0.2, 0) is 9.53 Å². The molecular formula is C14H19FN2O3. The van der Waals surface area contributed by atoms with Gasteiger partial charge in [-0.1, -0.05) is 13.3 Å². The molecule has 0 bridgehead atoms. The van der Waals surface area contributed by atoms with E-state index >= 15 is 0 Å². The van der Waals surface area contributed by atoms with Crippen LogP contribution in [0.5, 0.6) is 0 Å². The van der Waals surface area contributed by atoms with Gasteiger partial charge < -0.3 is 15.8 Å². The Balaban J connectivity index is 2.53. The van der Waals surface area contributed by atoms with Crippen molar-refractivity contribution >= 4 is 17.6 Å². The number of amides is 1. The van der Waals surface area contributed by atoms with E-state index in [2.05, 4.69) is 5.32 Å². The highest BCUT2D eigenvalue weighted by molar-refractivity contribution is 5.92. The molecule has 1 aromatic carbocycles. The molecule has 0 aliphatic carbocycles. The summed E-state index contributed by atoms with van der Waals surface area (Å²) in [5, 5.41) is 2.61. The highest BCUT2D eigenvalue weighted by Gasteiger charge is 2.13. The fraction of sp³-hybridized carbons (Fsp3) is 0.429. The zero-order chi connectivity index (χ0) is 15.1. The lowest BCUT2D eigenvalue weighted by Gasteiger charge is -2.08. The fourth-order valence-electron chi connectivity index (χ4n) is 1.49. The second kappa shape index (κ2) is 7.47. The smallest absolute Gasteiger partial charge is 0.338 e. The van der Waals surface area contributed by atoms with Crippen molar-refractivity contribution in [2.24, 2.45) is 0 Å². The number of carbonyl (C=O) groups excluding carboxylic acids is 2. The number of nitrogens with one attached hydrogen (secondary N) is 1. The van der Waals surface area contributed by atoms with E-state index in [4.69, 9.17) is 10.5 Å². The molecule has 0 aliphatic heterocycles. The van der Waals surface area contributed by atoms with Gasteiger partial charge in [0, 0.05) is 17.8 Å². The average Bonchev–Trinajstić information content (AvgIpc) is 2.41. The molecule has 0 aliphatic rings. The van der Waals surface area contributed by atoms with Gasteiger partial charge in [-0.25, -0.2) is 9.18 Å². The zero-order valence-electron chi connectivity index (χ0n) is 11.7. The number of benzene rings is 1. The van der Waals surface area contributed by atoms with Crippen LogP contribution in [0.4, 0.5) is 10.1 Å². The summed E-state index contributed by atoms with van der Waals surface area (Å²) in [6, 6.07) is 2.37. The summed E-state index contributed by atoms with van der Waals surface area (Å²) in [7, 11) is 0. The molecule has 0 saturated heterocycles. The van der Waals surface area contributed by atoms with Gasteiger partial charge in [0.25, 0.3) is 5.91 Å². The van der Waals surface area contributed by atoms with Crippen molar-refractivity contribution in [1.29, 1.82) is 0 Å². The van der Waals surface area contributed by atoms with Crippen LogP contribution in [0.15, 0.2) is 12.1 Å². The van der Waals surface area contributed by atoms with Crippen LogP contribution in [0, 0.1) is 12.7 Å². The van der Waals surface area contributed by atoms with Crippen molar-refractivity contribution in [3.05, 3.63) is 29.1 Å². The number of anilines is 1. The molecule has 0 radical (unpaired) electrons. The Labute approximate surface area is 117 Å². The first-order valence-electron chi connectivity index (χ1n) is 6.45. The summed E-state index contributed by atoms with van der Waals surface area (Å²) >= 11 is 0. The largest absolute Gasteiger partial charge is 0.452 e. The number of carbonyl (C=O) groups is 2. The van der Waals surface area contributed by atoms with E-state index in [1.54, 1.807) is 0 Å². The highest BCUT2D eigenvalue weighted by atomic mass is 19.1.